The second-order valence-corrected chi connectivity index (χ2v) is 9.53. The van der Waals surface area contributed by atoms with Crippen molar-refractivity contribution in [2.75, 3.05) is 18.2 Å². The van der Waals surface area contributed by atoms with E-state index in [1.165, 1.54) is 23.5 Å². The number of aromatic nitrogens is 3. The van der Waals surface area contributed by atoms with E-state index in [1.807, 2.05) is 11.6 Å². The predicted molar refractivity (Wildman–Crippen MR) is 124 cm³/mol. The Hall–Kier alpha value is -3.18. The third-order valence-electron chi connectivity index (χ3n) is 5.44. The van der Waals surface area contributed by atoms with E-state index in [0.717, 1.165) is 4.96 Å². The Balaban J connectivity index is 1.33. The van der Waals surface area contributed by atoms with Crippen molar-refractivity contribution in [2.45, 2.75) is 19.9 Å². The molecule has 170 valence electrons. The zero-order valence-electron chi connectivity index (χ0n) is 17.9. The average Bonchev–Trinajstić information content (AvgIpc) is 3.56. The number of amides is 2. The van der Waals surface area contributed by atoms with Crippen molar-refractivity contribution in [3.8, 4) is 11.3 Å². The molecular formula is C22H20FN5O3S2. The van der Waals surface area contributed by atoms with Gasteiger partial charge < -0.3 is 14.6 Å². The van der Waals surface area contributed by atoms with Gasteiger partial charge in [-0.1, -0.05) is 0 Å². The summed E-state index contributed by atoms with van der Waals surface area (Å²) in [5.74, 6) is 0.950. The zero-order valence-corrected chi connectivity index (χ0v) is 19.5. The average molecular weight is 486 g/mol. The highest BCUT2D eigenvalue weighted by Crippen LogP contribution is 2.29. The molecule has 1 saturated heterocycles. The van der Waals surface area contributed by atoms with Gasteiger partial charge in [0.05, 0.1) is 17.6 Å². The number of aryl methyl sites for hydroxylation is 2. The highest BCUT2D eigenvalue weighted by atomic mass is 32.2. The smallest absolute Gasteiger partial charge is 0.277 e. The van der Waals surface area contributed by atoms with Crippen molar-refractivity contribution < 1.29 is 18.4 Å². The Morgan fingerprint density at radius 1 is 1.24 bits per heavy atom. The molecule has 0 unspecified atom stereocenters. The van der Waals surface area contributed by atoms with Crippen LogP contribution in [0, 0.1) is 19.7 Å². The monoisotopic (exact) mass is 485 g/mol. The number of oxazole rings is 1. The number of fused-ring (bicyclic) bond motifs is 1. The molecule has 0 aliphatic carbocycles. The molecule has 8 nitrogen and oxygen atoms in total. The molecule has 1 fully saturated rings. The molecule has 1 atom stereocenters. The first-order chi connectivity index (χ1) is 15.9. The lowest BCUT2D eigenvalue weighted by Gasteiger charge is -2.23. The van der Waals surface area contributed by atoms with Gasteiger partial charge in [0.15, 0.2) is 22.3 Å². The van der Waals surface area contributed by atoms with Crippen LogP contribution in [0.1, 0.15) is 32.6 Å². The molecule has 0 spiro atoms. The summed E-state index contributed by atoms with van der Waals surface area (Å²) in [6.07, 6.45) is 1.82. The fourth-order valence-corrected chi connectivity index (χ4v) is 5.80. The number of thioether (sulfide) groups is 1. The van der Waals surface area contributed by atoms with Gasteiger partial charge in [0, 0.05) is 36.4 Å². The number of imidazole rings is 1. The fraction of sp³-hybridized carbons (Fsp3) is 0.273. The normalized spacial score (nSPS) is 16.0. The van der Waals surface area contributed by atoms with Crippen LogP contribution in [0.5, 0.6) is 0 Å². The predicted octanol–water partition coefficient (Wildman–Crippen LogP) is 3.75. The van der Waals surface area contributed by atoms with E-state index in [-0.39, 0.29) is 29.4 Å². The number of nitrogens with one attached hydrogen (secondary N) is 1. The topological polar surface area (TPSA) is 92.7 Å². The largest absolute Gasteiger partial charge is 0.440 e. The van der Waals surface area contributed by atoms with Gasteiger partial charge in [-0.05, 0) is 31.2 Å². The minimum Gasteiger partial charge on any atom is -0.440 e. The number of benzene rings is 1. The molecule has 0 saturated carbocycles. The molecule has 4 heterocycles. The first-order valence-electron chi connectivity index (χ1n) is 10.2. The number of nitrogens with zero attached hydrogens (tertiary/aromatic N) is 4. The molecule has 1 aromatic carbocycles. The Labute approximate surface area is 196 Å². The van der Waals surface area contributed by atoms with Gasteiger partial charge in [0.2, 0.25) is 0 Å². The molecule has 1 aliphatic rings. The number of carbonyl (C=O) groups excluding carboxylic acids is 2. The van der Waals surface area contributed by atoms with E-state index in [4.69, 9.17) is 4.42 Å². The molecular weight excluding hydrogens is 465 g/mol. The number of hydrogen-bond acceptors (Lipinski definition) is 7. The standard InChI is InChI=1S/C22H20FN5O3S2/c1-12-18(27-7-8-33-22(27)25-12)20(29)24-9-16-10-32-11-28(16)21(30)17-19(31-13(2)26-17)14-3-5-15(23)6-4-14/h3-8,16H,9-11H2,1-2H3,(H,24,29)/t16-/m1/s1. The van der Waals surface area contributed by atoms with E-state index >= 15 is 0 Å². The summed E-state index contributed by atoms with van der Waals surface area (Å²) in [6.45, 7) is 3.77. The Morgan fingerprint density at radius 2 is 2.03 bits per heavy atom. The molecule has 3 aromatic heterocycles. The number of carbonyl (C=O) groups is 2. The van der Waals surface area contributed by atoms with Crippen LogP contribution in [0.15, 0.2) is 40.3 Å². The maximum atomic E-state index is 13.4. The van der Waals surface area contributed by atoms with E-state index in [9.17, 15) is 14.0 Å². The highest BCUT2D eigenvalue weighted by molar-refractivity contribution is 7.99. The van der Waals surface area contributed by atoms with Gasteiger partial charge in [-0.3, -0.25) is 14.0 Å². The van der Waals surface area contributed by atoms with Crippen molar-refractivity contribution in [3.63, 3.8) is 0 Å². The van der Waals surface area contributed by atoms with Crippen LogP contribution in [0.2, 0.25) is 0 Å². The fourth-order valence-electron chi connectivity index (χ4n) is 3.84. The van der Waals surface area contributed by atoms with Crippen molar-refractivity contribution in [2.24, 2.45) is 0 Å². The third kappa shape index (κ3) is 4.02. The van der Waals surface area contributed by atoms with Crippen molar-refractivity contribution >= 4 is 39.9 Å². The lowest BCUT2D eigenvalue weighted by Crippen LogP contribution is -2.44. The molecule has 5 rings (SSSR count). The molecule has 0 radical (unpaired) electrons. The van der Waals surface area contributed by atoms with Crippen molar-refractivity contribution in [3.05, 3.63) is 64.6 Å². The van der Waals surface area contributed by atoms with Gasteiger partial charge in [-0.15, -0.1) is 23.1 Å². The summed E-state index contributed by atoms with van der Waals surface area (Å²) >= 11 is 3.08. The Kier molecular flexibility index (Phi) is 5.67. The summed E-state index contributed by atoms with van der Waals surface area (Å²) < 4.78 is 20.8. The summed E-state index contributed by atoms with van der Waals surface area (Å²) in [6, 6.07) is 5.54. The summed E-state index contributed by atoms with van der Waals surface area (Å²) in [5, 5.41) is 4.84. The number of thiazole rings is 1. The SMILES string of the molecule is Cc1nc(C(=O)N2CSC[C@H]2CNC(=O)c2c(C)nc3sccn23)c(-c2ccc(F)cc2)o1. The van der Waals surface area contributed by atoms with Gasteiger partial charge >= 0.3 is 0 Å². The lowest BCUT2D eigenvalue weighted by molar-refractivity contribution is 0.0731. The van der Waals surface area contributed by atoms with E-state index in [0.29, 0.717) is 46.8 Å². The maximum absolute atomic E-state index is 13.4. The third-order valence-corrected chi connectivity index (χ3v) is 7.27. The number of rotatable bonds is 5. The summed E-state index contributed by atoms with van der Waals surface area (Å²) in [7, 11) is 0. The van der Waals surface area contributed by atoms with Gasteiger partial charge in [0.25, 0.3) is 11.8 Å². The molecule has 2 amide bonds. The van der Waals surface area contributed by atoms with Crippen molar-refractivity contribution in [1.29, 1.82) is 0 Å². The molecule has 0 bridgehead atoms. The van der Waals surface area contributed by atoms with Crippen LogP contribution in [-0.4, -0.2) is 55.3 Å². The quantitative estimate of drug-likeness (QED) is 0.463. The Morgan fingerprint density at radius 3 is 2.82 bits per heavy atom. The molecule has 1 N–H and O–H groups in total. The first-order valence-corrected chi connectivity index (χ1v) is 12.3. The molecule has 1 aliphatic heterocycles. The van der Waals surface area contributed by atoms with E-state index in [1.54, 1.807) is 47.0 Å². The minimum absolute atomic E-state index is 0.185. The van der Waals surface area contributed by atoms with Crippen LogP contribution >= 0.6 is 23.1 Å². The minimum atomic E-state index is -0.372. The van der Waals surface area contributed by atoms with Gasteiger partial charge in [0.1, 0.15) is 11.5 Å². The van der Waals surface area contributed by atoms with Crippen LogP contribution < -0.4 is 5.32 Å². The van der Waals surface area contributed by atoms with Crippen molar-refractivity contribution in [1.82, 2.24) is 24.6 Å². The van der Waals surface area contributed by atoms with Crippen LogP contribution in [0.25, 0.3) is 16.3 Å². The Bertz CT molecular complexity index is 1340. The van der Waals surface area contributed by atoms with Gasteiger partial charge in [-0.25, -0.2) is 14.4 Å². The lowest BCUT2D eigenvalue weighted by atomic mass is 10.1. The van der Waals surface area contributed by atoms with Crippen LogP contribution in [0.4, 0.5) is 4.39 Å². The highest BCUT2D eigenvalue weighted by Gasteiger charge is 2.34. The number of halogens is 1. The van der Waals surface area contributed by atoms with Gasteiger partial charge in [-0.2, -0.15) is 0 Å². The van der Waals surface area contributed by atoms with E-state index in [2.05, 4.69) is 15.3 Å². The maximum Gasteiger partial charge on any atom is 0.277 e. The van der Waals surface area contributed by atoms with E-state index < -0.39 is 0 Å². The van der Waals surface area contributed by atoms with Crippen LogP contribution in [0.3, 0.4) is 0 Å². The second-order valence-electron chi connectivity index (χ2n) is 7.66. The molecule has 33 heavy (non-hydrogen) atoms. The molecule has 4 aromatic rings. The summed E-state index contributed by atoms with van der Waals surface area (Å²) in [5.41, 5.74) is 1.92. The first kappa shape index (κ1) is 21.7. The molecule has 11 heteroatoms. The number of hydrogen-bond donors (Lipinski definition) is 1. The summed E-state index contributed by atoms with van der Waals surface area (Å²) in [4.78, 5) is 37.4. The second kappa shape index (κ2) is 8.64. The van der Waals surface area contributed by atoms with Crippen LogP contribution in [-0.2, 0) is 0 Å². The zero-order chi connectivity index (χ0) is 23.1.